The first-order chi connectivity index (χ1) is 14.7. The summed E-state index contributed by atoms with van der Waals surface area (Å²) in [6.45, 7) is 4.00. The zero-order valence-electron chi connectivity index (χ0n) is 16.6. The molecule has 0 radical (unpaired) electrons. The molecule has 2 aliphatic heterocycles. The highest BCUT2D eigenvalue weighted by Gasteiger charge is 2.36. The Kier molecular flexibility index (Phi) is 4.76. The highest BCUT2D eigenvalue weighted by molar-refractivity contribution is 8.08. The Hall–Kier alpha value is -2.82. The van der Waals surface area contributed by atoms with Gasteiger partial charge in [0.15, 0.2) is 0 Å². The normalized spacial score (nSPS) is 17.1. The molecule has 146 valence electrons. The van der Waals surface area contributed by atoms with Crippen molar-refractivity contribution in [2.24, 2.45) is 0 Å². The first-order valence-corrected chi connectivity index (χ1v) is 11.6. The topological polar surface area (TPSA) is 34.1 Å². The van der Waals surface area contributed by atoms with E-state index in [-0.39, 0.29) is 11.6 Å². The number of hydrogen-bond donors (Lipinski definition) is 0. The Bertz CT molecular complexity index is 1290. The Labute approximate surface area is 183 Å². The fraction of sp³-hybridized carbons (Fsp3) is 0.0769. The van der Waals surface area contributed by atoms with Crippen molar-refractivity contribution in [1.29, 1.82) is 0 Å². The molecule has 0 aliphatic carbocycles. The lowest BCUT2D eigenvalue weighted by atomic mass is 10.0. The zero-order chi connectivity index (χ0) is 20.8. The van der Waals surface area contributed by atoms with Crippen molar-refractivity contribution in [3.05, 3.63) is 93.7 Å². The van der Waals surface area contributed by atoms with Crippen LogP contribution >= 0.6 is 23.5 Å². The van der Waals surface area contributed by atoms with Gasteiger partial charge in [-0.25, -0.2) is 0 Å². The smallest absolute Gasteiger partial charge is 0.202 e. The summed E-state index contributed by atoms with van der Waals surface area (Å²) in [6, 6.07) is 24.0. The molecular weight excluding hydrogens is 408 g/mol. The lowest BCUT2D eigenvalue weighted by molar-refractivity contribution is 0.101. The third-order valence-electron chi connectivity index (χ3n) is 5.23. The number of Topliss-reactive ketones (excluding diaryl/α,β-unsaturated/α-hetero) is 2. The number of fused-ring (bicyclic) bond motifs is 4. The molecule has 0 spiro atoms. The third-order valence-corrected chi connectivity index (χ3v) is 7.66. The van der Waals surface area contributed by atoms with E-state index in [2.05, 4.69) is 0 Å². The van der Waals surface area contributed by atoms with Crippen LogP contribution in [0, 0.1) is 0 Å². The van der Waals surface area contributed by atoms with E-state index in [9.17, 15) is 9.59 Å². The molecule has 4 heteroatoms. The monoisotopic (exact) mass is 426 g/mol. The Morgan fingerprint density at radius 1 is 0.533 bits per heavy atom. The van der Waals surface area contributed by atoms with Gasteiger partial charge in [-0.1, -0.05) is 85.9 Å². The maximum atomic E-state index is 13.1. The largest absolute Gasteiger partial charge is 0.288 e. The third kappa shape index (κ3) is 2.91. The first-order valence-electron chi connectivity index (χ1n) is 9.94. The fourth-order valence-corrected chi connectivity index (χ4v) is 6.18. The van der Waals surface area contributed by atoms with Gasteiger partial charge in [-0.2, -0.15) is 0 Å². The maximum Gasteiger partial charge on any atom is 0.202 e. The minimum Gasteiger partial charge on any atom is -0.288 e. The Balaban J connectivity index is 0.000000937. The number of benzene rings is 4. The summed E-state index contributed by atoms with van der Waals surface area (Å²) in [6.07, 6.45) is 0. The van der Waals surface area contributed by atoms with Crippen LogP contribution in [0.4, 0.5) is 0 Å². The van der Waals surface area contributed by atoms with Crippen LogP contribution < -0.4 is 0 Å². The van der Waals surface area contributed by atoms with Crippen molar-refractivity contribution in [2.45, 2.75) is 23.6 Å². The van der Waals surface area contributed by atoms with Crippen LogP contribution in [0.5, 0.6) is 0 Å². The average molecular weight is 427 g/mol. The summed E-state index contributed by atoms with van der Waals surface area (Å²) in [5, 5.41) is 4.29. The number of rotatable bonds is 0. The van der Waals surface area contributed by atoms with Gasteiger partial charge < -0.3 is 0 Å². The number of ketones is 2. The fourth-order valence-electron chi connectivity index (χ4n) is 3.82. The summed E-state index contributed by atoms with van der Waals surface area (Å²) >= 11 is 2.85. The molecule has 6 rings (SSSR count). The van der Waals surface area contributed by atoms with Gasteiger partial charge in [0.25, 0.3) is 0 Å². The van der Waals surface area contributed by atoms with Crippen molar-refractivity contribution >= 4 is 56.6 Å². The van der Waals surface area contributed by atoms with Crippen molar-refractivity contribution in [1.82, 2.24) is 0 Å². The van der Waals surface area contributed by atoms with Gasteiger partial charge in [-0.3, -0.25) is 9.59 Å². The summed E-state index contributed by atoms with van der Waals surface area (Å²) < 4.78 is 0. The maximum absolute atomic E-state index is 13.1. The minimum atomic E-state index is -0.0426. The van der Waals surface area contributed by atoms with Gasteiger partial charge in [0.2, 0.25) is 11.6 Å². The molecule has 0 bridgehead atoms. The molecule has 0 amide bonds. The summed E-state index contributed by atoms with van der Waals surface area (Å²) in [7, 11) is 0. The van der Waals surface area contributed by atoms with E-state index in [4.69, 9.17) is 0 Å². The SMILES string of the molecule is CC.O=C1/C(=C2\Sc3cc4ccccc4cc3C2=O)Sc2cc3ccccc3cc21. The molecule has 30 heavy (non-hydrogen) atoms. The molecule has 0 atom stereocenters. The molecule has 0 N–H and O–H groups in total. The van der Waals surface area contributed by atoms with Crippen LogP contribution in [-0.2, 0) is 0 Å². The van der Waals surface area contributed by atoms with Crippen LogP contribution in [0.15, 0.2) is 92.4 Å². The van der Waals surface area contributed by atoms with E-state index >= 15 is 0 Å². The molecule has 2 aliphatic rings. The standard InChI is InChI=1S/C24H12O2S2.C2H6/c25-21-17-9-13-5-1-3-7-15(13)11-19(17)27-23(21)24-22(26)18-10-14-6-2-4-8-16(14)12-20(18)28-24;1-2/h1-12H;1-2H3/b24-23+;. The van der Waals surface area contributed by atoms with E-state index in [0.717, 1.165) is 31.3 Å². The number of hydrogen-bond acceptors (Lipinski definition) is 4. The summed E-state index contributed by atoms with van der Waals surface area (Å²) in [5.41, 5.74) is 1.39. The molecule has 2 nitrogen and oxygen atoms in total. The van der Waals surface area contributed by atoms with Gasteiger partial charge in [0.1, 0.15) is 0 Å². The van der Waals surface area contributed by atoms with Crippen LogP contribution in [0.25, 0.3) is 21.5 Å². The zero-order valence-corrected chi connectivity index (χ0v) is 18.2. The van der Waals surface area contributed by atoms with E-state index in [1.54, 1.807) is 0 Å². The molecule has 2 heterocycles. The second-order valence-electron chi connectivity index (χ2n) is 6.91. The van der Waals surface area contributed by atoms with Crippen molar-refractivity contribution in [3.8, 4) is 0 Å². The minimum absolute atomic E-state index is 0.0426. The highest BCUT2D eigenvalue weighted by Crippen LogP contribution is 2.50. The van der Waals surface area contributed by atoms with Gasteiger partial charge >= 0.3 is 0 Å². The van der Waals surface area contributed by atoms with Crippen molar-refractivity contribution in [3.63, 3.8) is 0 Å². The van der Waals surface area contributed by atoms with Gasteiger partial charge in [-0.15, -0.1) is 0 Å². The predicted molar refractivity (Wildman–Crippen MR) is 127 cm³/mol. The Morgan fingerprint density at radius 2 is 0.867 bits per heavy atom. The van der Waals surface area contributed by atoms with Gasteiger partial charge in [0.05, 0.1) is 9.81 Å². The Morgan fingerprint density at radius 3 is 1.23 bits per heavy atom. The number of allylic oxidation sites excluding steroid dienone is 2. The molecule has 0 fully saturated rings. The van der Waals surface area contributed by atoms with E-state index in [1.807, 2.05) is 86.6 Å². The van der Waals surface area contributed by atoms with Crippen molar-refractivity contribution < 1.29 is 9.59 Å². The van der Waals surface area contributed by atoms with Gasteiger partial charge in [-0.05, 0) is 45.8 Å². The molecule has 4 aromatic carbocycles. The van der Waals surface area contributed by atoms with Crippen molar-refractivity contribution in [2.75, 3.05) is 0 Å². The molecule has 0 unspecified atom stereocenters. The molecule has 0 saturated heterocycles. The van der Waals surface area contributed by atoms with Crippen LogP contribution in [0.3, 0.4) is 0 Å². The van der Waals surface area contributed by atoms with Crippen LogP contribution in [0.1, 0.15) is 34.6 Å². The van der Waals surface area contributed by atoms with E-state index in [0.29, 0.717) is 20.9 Å². The lowest BCUT2D eigenvalue weighted by Gasteiger charge is -2.00. The summed E-state index contributed by atoms with van der Waals surface area (Å²) in [5.74, 6) is -0.0853. The first kappa shape index (κ1) is 19.2. The van der Waals surface area contributed by atoms with E-state index in [1.165, 1.54) is 23.5 Å². The van der Waals surface area contributed by atoms with Crippen LogP contribution in [-0.4, -0.2) is 11.6 Å². The molecule has 0 saturated carbocycles. The summed E-state index contributed by atoms with van der Waals surface area (Å²) in [4.78, 5) is 29.2. The molecular formula is C26H18O2S2. The number of carbonyl (C=O) groups is 2. The second-order valence-corrected chi connectivity index (χ2v) is 9.02. The quantitative estimate of drug-likeness (QED) is 0.273. The molecule has 4 aromatic rings. The highest BCUT2D eigenvalue weighted by atomic mass is 32.2. The van der Waals surface area contributed by atoms with Gasteiger partial charge in [0, 0.05) is 20.9 Å². The molecule has 0 aromatic heterocycles. The van der Waals surface area contributed by atoms with Crippen LogP contribution in [0.2, 0.25) is 0 Å². The van der Waals surface area contributed by atoms with E-state index < -0.39 is 0 Å². The lowest BCUT2D eigenvalue weighted by Crippen LogP contribution is -2.02. The number of thioether (sulfide) groups is 2. The predicted octanol–water partition coefficient (Wildman–Crippen LogP) is 7.51. The average Bonchev–Trinajstić information content (AvgIpc) is 3.28. The second kappa shape index (κ2) is 7.46. The number of carbonyl (C=O) groups excluding carboxylic acids is 2.